The molecule has 0 aliphatic rings. The summed E-state index contributed by atoms with van der Waals surface area (Å²) in [6, 6.07) is 42.5. The topological polar surface area (TPSA) is 57.5 Å². The fourth-order valence-electron chi connectivity index (χ4n) is 6.73. The van der Waals surface area contributed by atoms with Crippen molar-refractivity contribution in [2.24, 2.45) is 11.8 Å². The fourth-order valence-corrected chi connectivity index (χ4v) is 6.73. The number of carbonyl (C=O) groups is 2. The van der Waals surface area contributed by atoms with E-state index >= 15 is 0 Å². The van der Waals surface area contributed by atoms with Crippen molar-refractivity contribution in [1.82, 2.24) is 4.57 Å². The van der Waals surface area contributed by atoms with Gasteiger partial charge in [0.15, 0.2) is 0 Å². The zero-order chi connectivity index (χ0) is 36.5. The Bertz CT molecular complexity index is 2000. The van der Waals surface area contributed by atoms with Gasteiger partial charge in [0.1, 0.15) is 18.5 Å². The number of hydrogen-bond donors (Lipinski definition) is 0. The van der Waals surface area contributed by atoms with Crippen LogP contribution in [0.3, 0.4) is 0 Å². The van der Waals surface area contributed by atoms with E-state index in [1.54, 1.807) is 4.57 Å². The molecule has 0 bridgehead atoms. The monoisotopic (exact) mass is 691 g/mol. The van der Waals surface area contributed by atoms with E-state index in [-0.39, 0.29) is 24.6 Å². The number of ether oxygens (including phenoxy) is 2. The highest BCUT2D eigenvalue weighted by Crippen LogP contribution is 2.31. The average molecular weight is 692 g/mol. The molecule has 0 unspecified atom stereocenters. The lowest BCUT2D eigenvalue weighted by molar-refractivity contribution is -0.145. The minimum absolute atomic E-state index is 0.116. The Morgan fingerprint density at radius 1 is 0.635 bits per heavy atom. The van der Waals surface area contributed by atoms with Crippen LogP contribution in [0.15, 0.2) is 134 Å². The normalized spacial score (nSPS) is 11.4. The molecule has 5 heteroatoms. The molecule has 1 heterocycles. The van der Waals surface area contributed by atoms with Gasteiger partial charge in [-0.05, 0) is 101 Å². The Balaban J connectivity index is 1.16. The van der Waals surface area contributed by atoms with E-state index in [1.807, 2.05) is 85.1 Å². The molecule has 0 radical (unpaired) electrons. The van der Waals surface area contributed by atoms with Gasteiger partial charge in [-0.15, -0.1) is 0 Å². The molecule has 5 nitrogen and oxygen atoms in total. The molecule has 0 amide bonds. The van der Waals surface area contributed by atoms with Crippen molar-refractivity contribution in [3.63, 3.8) is 0 Å². The van der Waals surface area contributed by atoms with Crippen LogP contribution in [-0.4, -0.2) is 16.4 Å². The molecule has 52 heavy (non-hydrogen) atoms. The summed E-state index contributed by atoms with van der Waals surface area (Å²) in [5, 5.41) is 1.01. The molecule has 0 saturated heterocycles. The highest BCUT2D eigenvalue weighted by Gasteiger charge is 2.19. The second kappa shape index (κ2) is 17.2. The molecule has 0 atom stereocenters. The predicted molar refractivity (Wildman–Crippen MR) is 210 cm³/mol. The Labute approximate surface area is 308 Å². The molecule has 6 aromatic rings. The molecule has 0 fully saturated rings. The van der Waals surface area contributed by atoms with Crippen molar-refractivity contribution < 1.29 is 19.1 Å². The Morgan fingerprint density at radius 2 is 1.21 bits per heavy atom. The fraction of sp³-hybridized carbons (Fsp3) is 0.277. The molecule has 0 saturated carbocycles. The highest BCUT2D eigenvalue weighted by atomic mass is 16.5. The number of carbonyl (C=O) groups excluding carboxylic acids is 2. The van der Waals surface area contributed by atoms with Gasteiger partial charge in [0, 0.05) is 23.6 Å². The maximum atomic E-state index is 13.9. The molecule has 0 spiro atoms. The van der Waals surface area contributed by atoms with Crippen molar-refractivity contribution in [3.05, 3.63) is 173 Å². The number of aromatic nitrogens is 1. The molecular formula is C47H49NO4. The number of aryl methyl sites for hydroxylation is 1. The Hall–Kier alpha value is -5.42. The Kier molecular flexibility index (Phi) is 12.0. The van der Waals surface area contributed by atoms with Gasteiger partial charge in [0.25, 0.3) is 5.91 Å². The first-order chi connectivity index (χ1) is 25.2. The quantitative estimate of drug-likeness (QED) is 0.101. The number of hydrogen-bond acceptors (Lipinski definition) is 4. The summed E-state index contributed by atoms with van der Waals surface area (Å²) >= 11 is 0. The maximum Gasteiger partial charge on any atom is 0.306 e. The van der Waals surface area contributed by atoms with Crippen LogP contribution in [-0.2, 0) is 35.4 Å². The molecule has 1 aromatic heterocycles. The zero-order valence-corrected chi connectivity index (χ0v) is 30.8. The first kappa shape index (κ1) is 36.4. The molecule has 5 aromatic carbocycles. The lowest BCUT2D eigenvalue weighted by atomic mass is 9.95. The van der Waals surface area contributed by atoms with E-state index in [2.05, 4.69) is 76.2 Å². The second-order valence-corrected chi connectivity index (χ2v) is 14.5. The summed E-state index contributed by atoms with van der Waals surface area (Å²) in [6.45, 7) is 9.22. The van der Waals surface area contributed by atoms with Crippen molar-refractivity contribution in [2.45, 2.75) is 72.5 Å². The summed E-state index contributed by atoms with van der Waals surface area (Å²) in [5.41, 5.74) is 8.20. The van der Waals surface area contributed by atoms with Crippen molar-refractivity contribution in [2.75, 3.05) is 0 Å². The lowest BCUT2D eigenvalue weighted by Gasteiger charge is -2.21. The van der Waals surface area contributed by atoms with E-state index in [1.165, 1.54) is 11.1 Å². The van der Waals surface area contributed by atoms with Crippen LogP contribution in [0.25, 0.3) is 10.9 Å². The minimum Gasteiger partial charge on any atom is -0.481 e. The second-order valence-electron chi connectivity index (χ2n) is 14.5. The van der Waals surface area contributed by atoms with Crippen LogP contribution < -0.4 is 4.74 Å². The lowest BCUT2D eigenvalue weighted by Crippen LogP contribution is -2.12. The number of esters is 1. The van der Waals surface area contributed by atoms with Crippen LogP contribution in [0.4, 0.5) is 0 Å². The first-order valence-corrected chi connectivity index (χ1v) is 18.5. The van der Waals surface area contributed by atoms with Gasteiger partial charge in [-0.25, -0.2) is 0 Å². The molecule has 6 rings (SSSR count). The van der Waals surface area contributed by atoms with Gasteiger partial charge in [-0.2, -0.15) is 0 Å². The Morgan fingerprint density at radius 3 is 1.81 bits per heavy atom. The van der Waals surface area contributed by atoms with Crippen molar-refractivity contribution >= 4 is 22.8 Å². The van der Waals surface area contributed by atoms with E-state index in [0.717, 1.165) is 46.0 Å². The number of benzene rings is 5. The van der Waals surface area contributed by atoms with Gasteiger partial charge in [0.2, 0.25) is 0 Å². The van der Waals surface area contributed by atoms with Crippen LogP contribution in [0.2, 0.25) is 0 Å². The average Bonchev–Trinajstić information content (AvgIpc) is 3.52. The predicted octanol–water partition coefficient (Wildman–Crippen LogP) is 11.0. The molecule has 0 aliphatic heterocycles. The van der Waals surface area contributed by atoms with E-state index < -0.39 is 0 Å². The van der Waals surface area contributed by atoms with Crippen LogP contribution in [0, 0.1) is 11.8 Å². The van der Waals surface area contributed by atoms with Crippen LogP contribution in [0.1, 0.15) is 90.4 Å². The summed E-state index contributed by atoms with van der Waals surface area (Å²) < 4.78 is 13.9. The van der Waals surface area contributed by atoms with E-state index in [0.29, 0.717) is 42.4 Å². The largest absolute Gasteiger partial charge is 0.481 e. The summed E-state index contributed by atoms with van der Waals surface area (Å²) in [5.74, 6) is 1.53. The van der Waals surface area contributed by atoms with Gasteiger partial charge >= 0.3 is 5.97 Å². The summed E-state index contributed by atoms with van der Waals surface area (Å²) in [6.07, 6.45) is 5.28. The SMILES string of the molecule is CC(C)Cc1ccc(C(Oc2ccc(C(=O)n3cc(CCCC(=O)OCc4ccccc4)c4ccccc43)cc2)c2ccc(CC(C)C)cc2)cc1. The smallest absolute Gasteiger partial charge is 0.306 e. The summed E-state index contributed by atoms with van der Waals surface area (Å²) in [4.78, 5) is 26.3. The van der Waals surface area contributed by atoms with Crippen LogP contribution >= 0.6 is 0 Å². The maximum absolute atomic E-state index is 13.9. The van der Waals surface area contributed by atoms with Gasteiger partial charge in [-0.3, -0.25) is 14.2 Å². The third-order valence-corrected chi connectivity index (χ3v) is 9.29. The van der Waals surface area contributed by atoms with E-state index in [9.17, 15) is 9.59 Å². The van der Waals surface area contributed by atoms with Crippen LogP contribution in [0.5, 0.6) is 5.75 Å². The van der Waals surface area contributed by atoms with Gasteiger partial charge in [-0.1, -0.05) is 125 Å². The number of rotatable bonds is 15. The number of nitrogens with zero attached hydrogens (tertiary/aromatic N) is 1. The minimum atomic E-state index is -0.297. The third kappa shape index (κ3) is 9.46. The number of fused-ring (bicyclic) bond motifs is 1. The summed E-state index contributed by atoms with van der Waals surface area (Å²) in [7, 11) is 0. The molecule has 0 aliphatic carbocycles. The molecule has 0 N–H and O–H groups in total. The standard InChI is InChI=1S/C47H49NO4/c1-33(2)29-35-17-21-38(22-18-35)46(39-23-19-36(20-24-39)30-34(3)4)52-42-27-25-40(26-28-42)47(50)48-31-41(43-14-8-9-15-44(43)48)13-10-16-45(49)51-32-37-11-6-5-7-12-37/h5-9,11-12,14-15,17-28,31,33-34,46H,10,13,16,29-30,32H2,1-4H3. The van der Waals surface area contributed by atoms with Crippen molar-refractivity contribution in [1.29, 1.82) is 0 Å². The first-order valence-electron chi connectivity index (χ1n) is 18.5. The third-order valence-electron chi connectivity index (χ3n) is 9.29. The van der Waals surface area contributed by atoms with Crippen molar-refractivity contribution in [3.8, 4) is 5.75 Å². The van der Waals surface area contributed by atoms with Gasteiger partial charge in [0.05, 0.1) is 5.52 Å². The number of para-hydroxylation sites is 1. The molecule has 266 valence electrons. The van der Waals surface area contributed by atoms with E-state index in [4.69, 9.17) is 9.47 Å². The van der Waals surface area contributed by atoms with Gasteiger partial charge < -0.3 is 9.47 Å². The highest BCUT2D eigenvalue weighted by molar-refractivity contribution is 6.03. The zero-order valence-electron chi connectivity index (χ0n) is 30.8. The molecular weight excluding hydrogens is 643 g/mol.